The minimum atomic E-state index is 0.0638. The van der Waals surface area contributed by atoms with E-state index in [0.717, 1.165) is 24.4 Å². The first-order valence-electron chi connectivity index (χ1n) is 8.16. The number of aryl methyl sites for hydroxylation is 1. The van der Waals surface area contributed by atoms with Crippen LogP contribution in [0, 0.1) is 0 Å². The lowest BCUT2D eigenvalue weighted by Crippen LogP contribution is -2.36. The Kier molecular flexibility index (Phi) is 4.80. The predicted molar refractivity (Wildman–Crippen MR) is 94.2 cm³/mol. The fourth-order valence-corrected chi connectivity index (χ4v) is 4.51. The van der Waals surface area contributed by atoms with E-state index < -0.39 is 0 Å². The van der Waals surface area contributed by atoms with E-state index in [4.69, 9.17) is 0 Å². The van der Waals surface area contributed by atoms with Crippen molar-refractivity contribution in [3.63, 3.8) is 0 Å². The molecule has 3 rings (SSSR count). The highest BCUT2D eigenvalue weighted by atomic mass is 32.2. The molecular formula is C17H24N4OS. The van der Waals surface area contributed by atoms with Gasteiger partial charge in [-0.3, -0.25) is 9.48 Å². The zero-order valence-corrected chi connectivity index (χ0v) is 14.8. The molecule has 0 radical (unpaired) electrons. The standard InChI is InChI=1S/C17H24N4OS/c1-4-23-14-8-7-13(11-14)19(2)17(22)15-12-18-20(3)16(15)21-9-5-6-10-21/h5-6,9-10,12-14H,4,7-8,11H2,1-3H3/t13-,14+/m1/s1. The van der Waals surface area contributed by atoms with Crippen molar-refractivity contribution in [3.05, 3.63) is 36.3 Å². The summed E-state index contributed by atoms with van der Waals surface area (Å²) in [5.74, 6) is 2.04. The van der Waals surface area contributed by atoms with E-state index in [1.165, 1.54) is 6.42 Å². The fourth-order valence-electron chi connectivity index (χ4n) is 3.38. The number of aromatic nitrogens is 3. The van der Waals surface area contributed by atoms with Gasteiger partial charge in [0.15, 0.2) is 0 Å². The van der Waals surface area contributed by atoms with Crippen molar-refractivity contribution in [1.29, 1.82) is 0 Å². The van der Waals surface area contributed by atoms with Crippen molar-refractivity contribution in [2.45, 2.75) is 37.5 Å². The molecule has 2 aromatic heterocycles. The average Bonchev–Trinajstić information content (AvgIpc) is 3.26. The van der Waals surface area contributed by atoms with E-state index in [-0.39, 0.29) is 5.91 Å². The Morgan fingerprint density at radius 3 is 2.83 bits per heavy atom. The molecule has 1 aliphatic carbocycles. The number of thioether (sulfide) groups is 1. The summed E-state index contributed by atoms with van der Waals surface area (Å²) in [6, 6.07) is 4.24. The van der Waals surface area contributed by atoms with Gasteiger partial charge in [-0.25, -0.2) is 0 Å². The zero-order valence-electron chi connectivity index (χ0n) is 14.0. The van der Waals surface area contributed by atoms with Crippen LogP contribution in [0.15, 0.2) is 30.7 Å². The SMILES string of the molecule is CCS[C@H]1CC[C@@H](N(C)C(=O)c2cnn(C)c2-n2cccc2)C1. The molecule has 5 nitrogen and oxygen atoms in total. The summed E-state index contributed by atoms with van der Waals surface area (Å²) in [5, 5.41) is 4.98. The normalized spacial score (nSPS) is 20.8. The van der Waals surface area contributed by atoms with Crippen molar-refractivity contribution >= 4 is 17.7 Å². The van der Waals surface area contributed by atoms with Gasteiger partial charge >= 0.3 is 0 Å². The molecule has 0 saturated heterocycles. The third-order valence-corrected chi connectivity index (χ3v) is 5.85. The molecule has 1 fully saturated rings. The van der Waals surface area contributed by atoms with Gasteiger partial charge in [-0.05, 0) is 37.1 Å². The Bertz CT molecular complexity index is 664. The molecule has 2 aromatic rings. The zero-order chi connectivity index (χ0) is 16.4. The van der Waals surface area contributed by atoms with Gasteiger partial charge < -0.3 is 9.47 Å². The Morgan fingerprint density at radius 2 is 2.13 bits per heavy atom. The van der Waals surface area contributed by atoms with E-state index in [1.54, 1.807) is 10.9 Å². The quantitative estimate of drug-likeness (QED) is 0.845. The summed E-state index contributed by atoms with van der Waals surface area (Å²) in [6.45, 7) is 2.20. The molecule has 23 heavy (non-hydrogen) atoms. The van der Waals surface area contributed by atoms with E-state index >= 15 is 0 Å². The van der Waals surface area contributed by atoms with Crippen LogP contribution >= 0.6 is 11.8 Å². The largest absolute Gasteiger partial charge is 0.339 e. The van der Waals surface area contributed by atoms with Crippen LogP contribution in [0.25, 0.3) is 5.82 Å². The number of carbonyl (C=O) groups is 1. The summed E-state index contributed by atoms with van der Waals surface area (Å²) in [4.78, 5) is 14.9. The molecule has 0 aromatic carbocycles. The van der Waals surface area contributed by atoms with Gasteiger partial charge in [0.2, 0.25) is 0 Å². The molecule has 0 unspecified atom stereocenters. The molecule has 1 aliphatic rings. The van der Waals surface area contributed by atoms with Crippen LogP contribution in [0.3, 0.4) is 0 Å². The lowest BCUT2D eigenvalue weighted by molar-refractivity contribution is 0.0735. The number of hydrogen-bond acceptors (Lipinski definition) is 3. The third-order valence-electron chi connectivity index (χ3n) is 4.61. The van der Waals surface area contributed by atoms with Crippen molar-refractivity contribution < 1.29 is 4.79 Å². The highest BCUT2D eigenvalue weighted by Crippen LogP contribution is 2.33. The number of hydrogen-bond donors (Lipinski definition) is 0. The molecule has 2 atom stereocenters. The highest BCUT2D eigenvalue weighted by molar-refractivity contribution is 7.99. The van der Waals surface area contributed by atoms with Crippen LogP contribution in [0.5, 0.6) is 0 Å². The van der Waals surface area contributed by atoms with Crippen LogP contribution in [-0.2, 0) is 7.05 Å². The second kappa shape index (κ2) is 6.83. The Morgan fingerprint density at radius 1 is 1.39 bits per heavy atom. The summed E-state index contributed by atoms with van der Waals surface area (Å²) in [6.07, 6.45) is 8.97. The summed E-state index contributed by atoms with van der Waals surface area (Å²) >= 11 is 2.01. The Hall–Kier alpha value is -1.69. The first kappa shape index (κ1) is 16.2. The second-order valence-electron chi connectivity index (χ2n) is 6.06. The molecule has 124 valence electrons. The van der Waals surface area contributed by atoms with Crippen molar-refractivity contribution in [3.8, 4) is 5.82 Å². The maximum atomic E-state index is 13.0. The molecule has 0 bridgehead atoms. The summed E-state index contributed by atoms with van der Waals surface area (Å²) < 4.78 is 3.70. The molecule has 2 heterocycles. The van der Waals surface area contributed by atoms with Gasteiger partial charge in [-0.15, -0.1) is 0 Å². The van der Waals surface area contributed by atoms with Crippen LogP contribution in [0.1, 0.15) is 36.5 Å². The van der Waals surface area contributed by atoms with Gasteiger partial charge in [-0.2, -0.15) is 16.9 Å². The highest BCUT2D eigenvalue weighted by Gasteiger charge is 2.31. The average molecular weight is 332 g/mol. The molecule has 6 heteroatoms. The minimum Gasteiger partial charge on any atom is -0.339 e. The monoisotopic (exact) mass is 332 g/mol. The first-order valence-corrected chi connectivity index (χ1v) is 9.20. The Balaban J connectivity index is 1.79. The molecule has 1 amide bonds. The lowest BCUT2D eigenvalue weighted by atomic mass is 10.2. The molecule has 1 saturated carbocycles. The number of carbonyl (C=O) groups excluding carboxylic acids is 1. The van der Waals surface area contributed by atoms with Gasteiger partial charge in [0.25, 0.3) is 5.91 Å². The fraction of sp³-hybridized carbons (Fsp3) is 0.529. The van der Waals surface area contributed by atoms with Gasteiger partial charge in [0.1, 0.15) is 11.4 Å². The topological polar surface area (TPSA) is 43.1 Å². The van der Waals surface area contributed by atoms with Crippen LogP contribution < -0.4 is 0 Å². The molecule has 0 aliphatic heterocycles. The third kappa shape index (κ3) is 3.17. The molecule has 0 N–H and O–H groups in total. The van der Waals surface area contributed by atoms with Gasteiger partial charge in [-0.1, -0.05) is 6.92 Å². The number of nitrogens with zero attached hydrogens (tertiary/aromatic N) is 4. The van der Waals surface area contributed by atoms with Crippen LogP contribution in [0.4, 0.5) is 0 Å². The summed E-state index contributed by atoms with van der Waals surface area (Å²) in [7, 11) is 3.80. The van der Waals surface area contributed by atoms with Crippen molar-refractivity contribution in [2.75, 3.05) is 12.8 Å². The first-order chi connectivity index (χ1) is 11.1. The minimum absolute atomic E-state index is 0.0638. The Labute approximate surface area is 141 Å². The van der Waals surface area contributed by atoms with Crippen molar-refractivity contribution in [2.24, 2.45) is 7.05 Å². The molecule has 0 spiro atoms. The number of rotatable bonds is 5. The van der Waals surface area contributed by atoms with E-state index in [2.05, 4.69) is 12.0 Å². The van der Waals surface area contributed by atoms with Crippen LogP contribution in [-0.4, -0.2) is 49.2 Å². The molecular weight excluding hydrogens is 308 g/mol. The number of amides is 1. The van der Waals surface area contributed by atoms with E-state index in [9.17, 15) is 4.79 Å². The maximum Gasteiger partial charge on any atom is 0.259 e. The van der Waals surface area contributed by atoms with Gasteiger partial charge in [0.05, 0.1) is 6.20 Å². The van der Waals surface area contributed by atoms with Crippen LogP contribution in [0.2, 0.25) is 0 Å². The van der Waals surface area contributed by atoms with E-state index in [1.807, 2.05) is 59.9 Å². The second-order valence-corrected chi connectivity index (χ2v) is 7.63. The van der Waals surface area contributed by atoms with Gasteiger partial charge in [0, 0.05) is 37.8 Å². The maximum absolute atomic E-state index is 13.0. The summed E-state index contributed by atoms with van der Waals surface area (Å²) in [5.41, 5.74) is 0.665. The predicted octanol–water partition coefficient (Wildman–Crippen LogP) is 2.96. The smallest absolute Gasteiger partial charge is 0.259 e. The van der Waals surface area contributed by atoms with Crippen molar-refractivity contribution in [1.82, 2.24) is 19.2 Å². The van der Waals surface area contributed by atoms with E-state index in [0.29, 0.717) is 16.9 Å². The lowest BCUT2D eigenvalue weighted by Gasteiger charge is -2.25.